The van der Waals surface area contributed by atoms with Gasteiger partial charge in [0.2, 0.25) is 6.10 Å². The van der Waals surface area contributed by atoms with Gasteiger partial charge >= 0.3 is 12.0 Å². The second kappa shape index (κ2) is 8.87. The lowest BCUT2D eigenvalue weighted by Crippen LogP contribution is -2.42. The summed E-state index contributed by atoms with van der Waals surface area (Å²) < 4.78 is 5.33. The van der Waals surface area contributed by atoms with Crippen molar-refractivity contribution in [3.63, 3.8) is 0 Å². The van der Waals surface area contributed by atoms with Gasteiger partial charge in [-0.05, 0) is 25.1 Å². The fourth-order valence-electron chi connectivity index (χ4n) is 2.13. The Balaban J connectivity index is 2.23. The van der Waals surface area contributed by atoms with Crippen LogP contribution >= 0.6 is 11.6 Å². The van der Waals surface area contributed by atoms with Gasteiger partial charge in [0, 0.05) is 12.1 Å². The van der Waals surface area contributed by atoms with Crippen LogP contribution in [-0.4, -0.2) is 24.5 Å². The van der Waals surface area contributed by atoms with Crippen LogP contribution in [0.4, 0.5) is 10.5 Å². The number of esters is 1. The number of rotatable bonds is 5. The predicted octanol–water partition coefficient (Wildman–Crippen LogP) is 2.67. The molecule has 7 nitrogen and oxygen atoms in total. The van der Waals surface area contributed by atoms with Gasteiger partial charge in [0.15, 0.2) is 0 Å². The molecule has 2 rings (SSSR count). The number of imide groups is 1. The number of carbonyl (C=O) groups is 3. The van der Waals surface area contributed by atoms with E-state index < -0.39 is 24.0 Å². The van der Waals surface area contributed by atoms with Crippen molar-refractivity contribution in [1.29, 1.82) is 0 Å². The van der Waals surface area contributed by atoms with Gasteiger partial charge in [0.05, 0.1) is 16.3 Å². The molecule has 1 atom stereocenters. The number of nitrogen functional groups attached to an aromatic ring is 1. The second-order valence-electron chi connectivity index (χ2n) is 5.28. The summed E-state index contributed by atoms with van der Waals surface area (Å²) in [4.78, 5) is 36.4. The van der Waals surface area contributed by atoms with Gasteiger partial charge in [0.25, 0.3) is 5.91 Å². The van der Waals surface area contributed by atoms with E-state index in [4.69, 9.17) is 22.1 Å². The van der Waals surface area contributed by atoms with E-state index in [1.165, 1.54) is 18.2 Å². The zero-order valence-corrected chi connectivity index (χ0v) is 14.7. The highest BCUT2D eigenvalue weighted by molar-refractivity contribution is 6.33. The van der Waals surface area contributed by atoms with Gasteiger partial charge in [-0.25, -0.2) is 9.59 Å². The highest BCUT2D eigenvalue weighted by Crippen LogP contribution is 2.23. The van der Waals surface area contributed by atoms with Crippen LogP contribution in [0.1, 0.15) is 28.9 Å². The van der Waals surface area contributed by atoms with Crippen molar-refractivity contribution >= 4 is 35.2 Å². The lowest BCUT2D eigenvalue weighted by Gasteiger charge is -2.18. The number of urea groups is 1. The van der Waals surface area contributed by atoms with E-state index in [1.807, 2.05) is 0 Å². The van der Waals surface area contributed by atoms with Crippen molar-refractivity contribution in [2.24, 2.45) is 0 Å². The highest BCUT2D eigenvalue weighted by atomic mass is 35.5. The third-order valence-corrected chi connectivity index (χ3v) is 3.72. The Kier molecular flexibility index (Phi) is 6.57. The average Bonchev–Trinajstić information content (AvgIpc) is 2.62. The Morgan fingerprint density at radius 1 is 1.15 bits per heavy atom. The molecule has 3 amide bonds. The number of halogens is 1. The molecule has 0 heterocycles. The topological polar surface area (TPSA) is 111 Å². The lowest BCUT2D eigenvalue weighted by molar-refractivity contribution is -0.129. The maximum atomic E-state index is 12.4. The Hall–Kier alpha value is -3.06. The van der Waals surface area contributed by atoms with Crippen LogP contribution in [0.5, 0.6) is 0 Å². The maximum Gasteiger partial charge on any atom is 0.339 e. The number of carbonyl (C=O) groups excluding carboxylic acids is 3. The summed E-state index contributed by atoms with van der Waals surface area (Å²) >= 11 is 5.84. The summed E-state index contributed by atoms with van der Waals surface area (Å²) in [6.45, 7) is 2.06. The first kappa shape index (κ1) is 19.3. The molecule has 0 saturated heterocycles. The quantitative estimate of drug-likeness (QED) is 0.549. The van der Waals surface area contributed by atoms with Gasteiger partial charge in [-0.3, -0.25) is 10.1 Å². The summed E-state index contributed by atoms with van der Waals surface area (Å²) in [5.41, 5.74) is 6.46. The van der Waals surface area contributed by atoms with Crippen LogP contribution in [0.3, 0.4) is 0 Å². The van der Waals surface area contributed by atoms with Gasteiger partial charge in [-0.1, -0.05) is 41.9 Å². The van der Waals surface area contributed by atoms with E-state index in [9.17, 15) is 14.4 Å². The number of anilines is 1. The fraction of sp³-hybridized carbons (Fsp3) is 0.167. The first-order valence-electron chi connectivity index (χ1n) is 7.82. The first-order valence-corrected chi connectivity index (χ1v) is 8.19. The van der Waals surface area contributed by atoms with Crippen molar-refractivity contribution in [2.75, 3.05) is 12.3 Å². The molecule has 0 fully saturated rings. The number of hydrogen-bond acceptors (Lipinski definition) is 5. The molecule has 0 aliphatic heterocycles. The number of nitrogens with two attached hydrogens (primary N) is 1. The SMILES string of the molecule is CCNC(=O)NC(=O)[C@@H](OC(=O)c1ccc(Cl)c(N)c1)c1ccccc1. The summed E-state index contributed by atoms with van der Waals surface area (Å²) in [6.07, 6.45) is -1.30. The molecule has 0 bridgehead atoms. The summed E-state index contributed by atoms with van der Waals surface area (Å²) in [5, 5.41) is 4.88. The minimum atomic E-state index is -1.30. The molecule has 0 spiro atoms. The summed E-state index contributed by atoms with van der Waals surface area (Å²) in [7, 11) is 0. The smallest absolute Gasteiger partial charge is 0.339 e. The molecule has 2 aromatic rings. The van der Waals surface area contributed by atoms with Gasteiger partial charge in [-0.15, -0.1) is 0 Å². The molecule has 0 radical (unpaired) electrons. The van der Waals surface area contributed by atoms with Crippen molar-refractivity contribution in [2.45, 2.75) is 13.0 Å². The van der Waals surface area contributed by atoms with E-state index in [1.54, 1.807) is 37.3 Å². The Bertz CT molecular complexity index is 811. The minimum Gasteiger partial charge on any atom is -0.444 e. The van der Waals surface area contributed by atoms with Gasteiger partial charge in [-0.2, -0.15) is 0 Å². The predicted molar refractivity (Wildman–Crippen MR) is 97.7 cm³/mol. The van der Waals surface area contributed by atoms with Crippen molar-refractivity contribution in [3.8, 4) is 0 Å². The Labute approximate surface area is 155 Å². The van der Waals surface area contributed by atoms with Gasteiger partial charge in [0.1, 0.15) is 0 Å². The normalized spacial score (nSPS) is 11.3. The highest BCUT2D eigenvalue weighted by Gasteiger charge is 2.27. The van der Waals surface area contributed by atoms with Crippen LogP contribution in [0.25, 0.3) is 0 Å². The third kappa shape index (κ3) is 4.97. The van der Waals surface area contributed by atoms with Crippen LogP contribution < -0.4 is 16.4 Å². The molecule has 136 valence electrons. The summed E-state index contributed by atoms with van der Waals surface area (Å²) in [5.74, 6) is -1.54. The second-order valence-corrected chi connectivity index (χ2v) is 5.69. The summed E-state index contributed by atoms with van der Waals surface area (Å²) in [6, 6.07) is 11.9. The molecule has 8 heteroatoms. The molecule has 2 aromatic carbocycles. The Morgan fingerprint density at radius 2 is 1.85 bits per heavy atom. The van der Waals surface area contributed by atoms with Crippen molar-refractivity contribution in [3.05, 3.63) is 64.7 Å². The molecule has 4 N–H and O–H groups in total. The molecule has 0 unspecified atom stereocenters. The minimum absolute atomic E-state index is 0.138. The van der Waals surface area contributed by atoms with Gasteiger partial charge < -0.3 is 15.8 Å². The van der Waals surface area contributed by atoms with Crippen LogP contribution in [0.15, 0.2) is 48.5 Å². The van der Waals surface area contributed by atoms with E-state index in [0.29, 0.717) is 17.1 Å². The standard InChI is InChI=1S/C18H18ClN3O4/c1-2-21-18(25)22-16(23)15(11-6-4-3-5-7-11)26-17(24)12-8-9-13(19)14(20)10-12/h3-10,15H,2,20H2,1H3,(H2,21,22,23,25)/t15-/m0/s1. The number of amides is 3. The number of nitrogens with one attached hydrogen (secondary N) is 2. The van der Waals surface area contributed by atoms with E-state index >= 15 is 0 Å². The third-order valence-electron chi connectivity index (χ3n) is 3.37. The van der Waals surface area contributed by atoms with E-state index in [2.05, 4.69) is 10.6 Å². The first-order chi connectivity index (χ1) is 12.4. The molecule has 0 aliphatic rings. The van der Waals surface area contributed by atoms with Crippen LogP contribution in [0, 0.1) is 0 Å². The molecule has 0 aromatic heterocycles. The zero-order chi connectivity index (χ0) is 19.1. The average molecular weight is 376 g/mol. The number of ether oxygens (including phenoxy) is 1. The van der Waals surface area contributed by atoms with Crippen LogP contribution in [0.2, 0.25) is 5.02 Å². The monoisotopic (exact) mass is 375 g/mol. The van der Waals surface area contributed by atoms with E-state index in [-0.39, 0.29) is 11.3 Å². The van der Waals surface area contributed by atoms with E-state index in [0.717, 1.165) is 0 Å². The molecule has 0 aliphatic carbocycles. The zero-order valence-electron chi connectivity index (χ0n) is 14.0. The maximum absolute atomic E-state index is 12.4. The molecule has 0 saturated carbocycles. The largest absolute Gasteiger partial charge is 0.444 e. The molecule has 26 heavy (non-hydrogen) atoms. The molecular weight excluding hydrogens is 358 g/mol. The lowest BCUT2D eigenvalue weighted by atomic mass is 10.1. The Morgan fingerprint density at radius 3 is 2.46 bits per heavy atom. The fourth-order valence-corrected chi connectivity index (χ4v) is 2.25. The van der Waals surface area contributed by atoms with Crippen LogP contribution in [-0.2, 0) is 9.53 Å². The number of benzene rings is 2. The van der Waals surface area contributed by atoms with Crippen molar-refractivity contribution in [1.82, 2.24) is 10.6 Å². The molecular formula is C18H18ClN3O4. The number of hydrogen-bond donors (Lipinski definition) is 3. The van der Waals surface area contributed by atoms with Crippen molar-refractivity contribution < 1.29 is 19.1 Å².